The van der Waals surface area contributed by atoms with Crippen molar-refractivity contribution < 1.29 is 14.7 Å². The maximum absolute atomic E-state index is 11.8. The van der Waals surface area contributed by atoms with Gasteiger partial charge in [-0.3, -0.25) is 4.79 Å². The van der Waals surface area contributed by atoms with E-state index < -0.39 is 11.9 Å². The minimum atomic E-state index is -1.11. The Morgan fingerprint density at radius 3 is 2.26 bits per heavy atom. The van der Waals surface area contributed by atoms with E-state index in [2.05, 4.69) is 5.32 Å². The molecule has 2 N–H and O–H groups in total. The highest BCUT2D eigenvalue weighted by Crippen LogP contribution is 2.12. The summed E-state index contributed by atoms with van der Waals surface area (Å²) in [5, 5.41) is 19.9. The van der Waals surface area contributed by atoms with Crippen molar-refractivity contribution in [3.05, 3.63) is 41.0 Å². The maximum Gasteiger partial charge on any atom is 0.331 e. The lowest BCUT2D eigenvalue weighted by Gasteiger charge is -2.07. The third-order valence-electron chi connectivity index (χ3n) is 2.72. The van der Waals surface area contributed by atoms with Crippen LogP contribution in [0.1, 0.15) is 19.4 Å². The van der Waals surface area contributed by atoms with Gasteiger partial charge in [0.15, 0.2) is 0 Å². The summed E-state index contributed by atoms with van der Waals surface area (Å²) in [6.45, 7) is 2.84. The number of nitrogens with zero attached hydrogens (tertiary/aromatic N) is 1. The summed E-state index contributed by atoms with van der Waals surface area (Å²) < 4.78 is 0. The van der Waals surface area contributed by atoms with E-state index in [1.807, 2.05) is 6.07 Å². The third-order valence-corrected chi connectivity index (χ3v) is 2.72. The topological polar surface area (TPSA) is 90.2 Å². The summed E-state index contributed by atoms with van der Waals surface area (Å²) in [5.41, 5.74) is 1.59. The van der Waals surface area contributed by atoms with Gasteiger partial charge in [-0.15, -0.1) is 0 Å². The van der Waals surface area contributed by atoms with Crippen LogP contribution < -0.4 is 5.32 Å². The van der Waals surface area contributed by atoms with Crippen LogP contribution in [-0.2, 0) is 16.0 Å². The molecule has 19 heavy (non-hydrogen) atoms. The lowest BCUT2D eigenvalue weighted by molar-refractivity contribution is -0.133. The maximum atomic E-state index is 11.8. The van der Waals surface area contributed by atoms with E-state index in [0.29, 0.717) is 12.1 Å². The number of aliphatic carboxylic acids is 1. The summed E-state index contributed by atoms with van der Waals surface area (Å²) in [6.07, 6.45) is 0.311. The van der Waals surface area contributed by atoms with Crippen LogP contribution in [0.2, 0.25) is 0 Å². The van der Waals surface area contributed by atoms with Crippen LogP contribution >= 0.6 is 0 Å². The van der Waals surface area contributed by atoms with E-state index >= 15 is 0 Å². The normalized spacial score (nSPS) is 11.2. The van der Waals surface area contributed by atoms with Crippen molar-refractivity contribution in [3.8, 4) is 6.07 Å². The van der Waals surface area contributed by atoms with Gasteiger partial charge in [-0.05, 0) is 31.5 Å². The van der Waals surface area contributed by atoms with Crippen molar-refractivity contribution in [3.63, 3.8) is 0 Å². The minimum absolute atomic E-state index is 0.0126. The van der Waals surface area contributed by atoms with Gasteiger partial charge in [-0.1, -0.05) is 12.1 Å². The van der Waals surface area contributed by atoms with Crippen molar-refractivity contribution in [1.29, 1.82) is 5.26 Å². The predicted octanol–water partition coefficient (Wildman–Crippen LogP) is 2.11. The monoisotopic (exact) mass is 258 g/mol. The number of hydrogen-bond acceptors (Lipinski definition) is 3. The molecule has 0 aliphatic carbocycles. The lowest BCUT2D eigenvalue weighted by Crippen LogP contribution is -2.16. The molecule has 0 aliphatic rings. The molecule has 0 heterocycles. The number of carboxylic acid groups (broad SMARTS) is 1. The highest BCUT2D eigenvalue weighted by atomic mass is 16.4. The van der Waals surface area contributed by atoms with Crippen LogP contribution in [0.3, 0.4) is 0 Å². The van der Waals surface area contributed by atoms with Gasteiger partial charge in [-0.2, -0.15) is 5.26 Å². The van der Waals surface area contributed by atoms with Crippen molar-refractivity contribution >= 4 is 17.6 Å². The first-order chi connectivity index (χ1) is 8.95. The van der Waals surface area contributed by atoms with Crippen molar-refractivity contribution in [2.45, 2.75) is 20.3 Å². The van der Waals surface area contributed by atoms with Gasteiger partial charge < -0.3 is 10.4 Å². The second kappa shape index (κ2) is 6.36. The van der Waals surface area contributed by atoms with Gasteiger partial charge in [0.2, 0.25) is 0 Å². The number of carboxylic acids is 1. The Labute approximate surface area is 111 Å². The van der Waals surface area contributed by atoms with Gasteiger partial charge in [0.1, 0.15) is 0 Å². The lowest BCUT2D eigenvalue weighted by atomic mass is 10.1. The molecule has 0 fully saturated rings. The average Bonchev–Trinajstić information content (AvgIpc) is 2.39. The molecular formula is C14H14N2O3. The second-order valence-corrected chi connectivity index (χ2v) is 4.04. The first-order valence-electron chi connectivity index (χ1n) is 5.63. The number of nitrogens with one attached hydrogen (secondary N) is 1. The Morgan fingerprint density at radius 1 is 1.21 bits per heavy atom. The molecular weight excluding hydrogens is 244 g/mol. The summed E-state index contributed by atoms with van der Waals surface area (Å²) in [4.78, 5) is 22.5. The molecule has 1 amide bonds. The van der Waals surface area contributed by atoms with Gasteiger partial charge in [0.05, 0.1) is 12.5 Å². The molecule has 0 aliphatic heterocycles. The average molecular weight is 258 g/mol. The van der Waals surface area contributed by atoms with Gasteiger partial charge >= 0.3 is 5.97 Å². The number of nitriles is 1. The number of anilines is 1. The van der Waals surface area contributed by atoms with Crippen LogP contribution in [-0.4, -0.2) is 17.0 Å². The molecule has 0 aromatic heterocycles. The van der Waals surface area contributed by atoms with E-state index in [0.717, 1.165) is 5.56 Å². The smallest absolute Gasteiger partial charge is 0.331 e. The fourth-order valence-corrected chi connectivity index (χ4v) is 1.35. The number of benzene rings is 1. The van der Waals surface area contributed by atoms with E-state index in [-0.39, 0.29) is 11.1 Å². The van der Waals surface area contributed by atoms with E-state index in [9.17, 15) is 9.59 Å². The SMILES string of the molecule is CC(C(=O)O)=C(C)C(=O)Nc1ccc(CC#N)cc1. The fourth-order valence-electron chi connectivity index (χ4n) is 1.35. The van der Waals surface area contributed by atoms with E-state index in [1.54, 1.807) is 24.3 Å². The minimum Gasteiger partial charge on any atom is -0.478 e. The Kier molecular flexibility index (Phi) is 4.84. The molecule has 0 atom stereocenters. The molecule has 5 heteroatoms. The molecule has 0 saturated heterocycles. The molecule has 1 aromatic carbocycles. The molecule has 0 saturated carbocycles. The Morgan fingerprint density at radius 2 is 1.79 bits per heavy atom. The first-order valence-corrected chi connectivity index (χ1v) is 5.63. The molecule has 5 nitrogen and oxygen atoms in total. The summed E-state index contributed by atoms with van der Waals surface area (Å²) in [7, 11) is 0. The Hall–Kier alpha value is -2.61. The Balaban J connectivity index is 2.81. The quantitative estimate of drug-likeness (QED) is 0.809. The van der Waals surface area contributed by atoms with Crippen LogP contribution in [0.15, 0.2) is 35.4 Å². The molecule has 0 unspecified atom stereocenters. The summed E-state index contributed by atoms with van der Waals surface area (Å²) >= 11 is 0. The Bertz CT molecular complexity index is 565. The number of carbonyl (C=O) groups is 2. The number of hydrogen-bond donors (Lipinski definition) is 2. The van der Waals surface area contributed by atoms with Crippen molar-refractivity contribution in [2.24, 2.45) is 0 Å². The number of rotatable bonds is 4. The number of carbonyl (C=O) groups excluding carboxylic acids is 1. The molecule has 0 radical (unpaired) electrons. The highest BCUT2D eigenvalue weighted by molar-refractivity contribution is 6.08. The van der Waals surface area contributed by atoms with Gasteiger partial charge in [-0.25, -0.2) is 4.79 Å². The predicted molar refractivity (Wildman–Crippen MR) is 70.4 cm³/mol. The molecule has 0 spiro atoms. The van der Waals surface area contributed by atoms with Crippen LogP contribution in [0.5, 0.6) is 0 Å². The zero-order chi connectivity index (χ0) is 14.4. The molecule has 98 valence electrons. The largest absolute Gasteiger partial charge is 0.478 e. The summed E-state index contributed by atoms with van der Waals surface area (Å²) in [6, 6.07) is 8.85. The van der Waals surface area contributed by atoms with Crippen molar-refractivity contribution in [1.82, 2.24) is 0 Å². The fraction of sp³-hybridized carbons (Fsp3) is 0.214. The van der Waals surface area contributed by atoms with Crippen molar-refractivity contribution in [2.75, 3.05) is 5.32 Å². The molecule has 1 aromatic rings. The van der Waals surface area contributed by atoms with Crippen LogP contribution in [0.25, 0.3) is 0 Å². The van der Waals surface area contributed by atoms with E-state index in [4.69, 9.17) is 10.4 Å². The third kappa shape index (κ3) is 3.96. The first kappa shape index (κ1) is 14.5. The zero-order valence-electron chi connectivity index (χ0n) is 10.7. The molecule has 0 bridgehead atoms. The standard InChI is InChI=1S/C14H14N2O3/c1-9(10(2)14(18)19)13(17)16-12-5-3-11(4-6-12)7-8-15/h3-6H,7H2,1-2H3,(H,16,17)(H,18,19). The number of amides is 1. The zero-order valence-corrected chi connectivity index (χ0v) is 10.7. The van der Waals surface area contributed by atoms with E-state index in [1.165, 1.54) is 13.8 Å². The summed E-state index contributed by atoms with van der Waals surface area (Å²) in [5.74, 6) is -1.56. The second-order valence-electron chi connectivity index (χ2n) is 4.04. The van der Waals surface area contributed by atoms with Crippen LogP contribution in [0.4, 0.5) is 5.69 Å². The highest BCUT2D eigenvalue weighted by Gasteiger charge is 2.12. The van der Waals surface area contributed by atoms with Gasteiger partial charge in [0, 0.05) is 16.8 Å². The molecule has 1 rings (SSSR count). The van der Waals surface area contributed by atoms with Gasteiger partial charge in [0.25, 0.3) is 5.91 Å². The van der Waals surface area contributed by atoms with Crippen LogP contribution in [0, 0.1) is 11.3 Å².